The summed E-state index contributed by atoms with van der Waals surface area (Å²) in [6, 6.07) is 0.644. The number of piperidine rings is 1. The molecule has 0 amide bonds. The van der Waals surface area contributed by atoms with Crippen LogP contribution in [-0.4, -0.2) is 29.0 Å². The van der Waals surface area contributed by atoms with Crippen LogP contribution in [0.1, 0.15) is 44.2 Å². The summed E-state index contributed by atoms with van der Waals surface area (Å²) in [6.45, 7) is 7.25. The van der Waals surface area contributed by atoms with Gasteiger partial charge in [-0.15, -0.1) is 0 Å². The Morgan fingerprint density at radius 2 is 2.19 bits per heavy atom. The van der Waals surface area contributed by atoms with Crippen molar-refractivity contribution in [3.8, 4) is 0 Å². The van der Waals surface area contributed by atoms with Gasteiger partial charge in [0.05, 0.1) is 5.69 Å². The molecule has 1 fully saturated rings. The molecule has 0 aliphatic carbocycles. The average molecular weight is 223 g/mol. The number of hydrogen-bond acceptors (Lipinski definition) is 4. The molecule has 2 rings (SSSR count). The van der Waals surface area contributed by atoms with Crippen molar-refractivity contribution in [3.05, 3.63) is 17.8 Å². The first kappa shape index (κ1) is 11.6. The van der Waals surface area contributed by atoms with E-state index >= 15 is 0 Å². The van der Waals surface area contributed by atoms with Crippen molar-refractivity contribution >= 4 is 0 Å². The molecule has 0 aromatic carbocycles. The van der Waals surface area contributed by atoms with Gasteiger partial charge in [-0.2, -0.15) is 0 Å². The van der Waals surface area contributed by atoms with Crippen LogP contribution in [0, 0.1) is 0 Å². The van der Waals surface area contributed by atoms with Gasteiger partial charge in [0.1, 0.15) is 6.26 Å². The van der Waals surface area contributed by atoms with Crippen molar-refractivity contribution in [2.24, 2.45) is 5.73 Å². The minimum Gasteiger partial charge on any atom is -0.448 e. The Kier molecular flexibility index (Phi) is 3.61. The quantitative estimate of drug-likeness (QED) is 0.847. The molecule has 1 aliphatic heterocycles. The molecular formula is C12H21N3O. The van der Waals surface area contributed by atoms with Crippen LogP contribution in [0.25, 0.3) is 0 Å². The number of nitrogens with zero attached hydrogens (tertiary/aromatic N) is 2. The molecule has 1 saturated heterocycles. The summed E-state index contributed by atoms with van der Waals surface area (Å²) in [4.78, 5) is 6.92. The van der Waals surface area contributed by atoms with Gasteiger partial charge in [-0.05, 0) is 39.8 Å². The molecule has 1 aliphatic rings. The van der Waals surface area contributed by atoms with Crippen molar-refractivity contribution in [1.29, 1.82) is 0 Å². The van der Waals surface area contributed by atoms with E-state index in [0.29, 0.717) is 18.5 Å². The van der Waals surface area contributed by atoms with E-state index in [1.165, 1.54) is 0 Å². The fourth-order valence-corrected chi connectivity index (χ4v) is 2.27. The summed E-state index contributed by atoms with van der Waals surface area (Å²) >= 11 is 0. The molecule has 0 radical (unpaired) electrons. The van der Waals surface area contributed by atoms with Crippen LogP contribution < -0.4 is 5.73 Å². The third-order valence-electron chi connectivity index (χ3n) is 3.39. The van der Waals surface area contributed by atoms with Crippen molar-refractivity contribution in [2.45, 2.75) is 45.2 Å². The van der Waals surface area contributed by atoms with Gasteiger partial charge in [-0.25, -0.2) is 4.98 Å². The monoisotopic (exact) mass is 223 g/mol. The Morgan fingerprint density at radius 1 is 1.50 bits per heavy atom. The number of aromatic nitrogens is 1. The lowest BCUT2D eigenvalue weighted by molar-refractivity contribution is 0.163. The maximum Gasteiger partial charge on any atom is 0.197 e. The molecule has 0 saturated carbocycles. The van der Waals surface area contributed by atoms with Crippen LogP contribution in [0.2, 0.25) is 0 Å². The van der Waals surface area contributed by atoms with E-state index in [9.17, 15) is 0 Å². The highest BCUT2D eigenvalue weighted by atomic mass is 16.3. The Labute approximate surface area is 96.8 Å². The molecule has 0 unspecified atom stereocenters. The average Bonchev–Trinajstić information content (AvgIpc) is 2.77. The second-order valence-corrected chi connectivity index (χ2v) is 4.79. The number of oxazole rings is 1. The predicted octanol–water partition coefficient (Wildman–Crippen LogP) is 1.72. The van der Waals surface area contributed by atoms with E-state index in [-0.39, 0.29) is 0 Å². The lowest BCUT2D eigenvalue weighted by Crippen LogP contribution is -2.37. The third kappa shape index (κ3) is 2.44. The summed E-state index contributed by atoms with van der Waals surface area (Å²) < 4.78 is 5.48. The fraction of sp³-hybridized carbons (Fsp3) is 0.750. The zero-order valence-corrected chi connectivity index (χ0v) is 10.1. The molecule has 2 N–H and O–H groups in total. The van der Waals surface area contributed by atoms with E-state index in [1.807, 2.05) is 0 Å². The van der Waals surface area contributed by atoms with Gasteiger partial charge >= 0.3 is 0 Å². The first-order chi connectivity index (χ1) is 7.70. The van der Waals surface area contributed by atoms with E-state index in [1.54, 1.807) is 6.26 Å². The molecule has 90 valence electrons. The van der Waals surface area contributed by atoms with E-state index in [0.717, 1.165) is 37.5 Å². The van der Waals surface area contributed by atoms with E-state index in [2.05, 4.69) is 23.7 Å². The van der Waals surface area contributed by atoms with Crippen molar-refractivity contribution in [3.63, 3.8) is 0 Å². The highest BCUT2D eigenvalue weighted by molar-refractivity contribution is 5.01. The standard InChI is InChI=1S/C12H21N3O/c1-9(2)15-5-3-10(4-6-15)12-14-11(7-13)8-16-12/h8-10H,3-7,13H2,1-2H3. The largest absolute Gasteiger partial charge is 0.448 e. The van der Waals surface area contributed by atoms with Gasteiger partial charge in [0.25, 0.3) is 0 Å². The highest BCUT2D eigenvalue weighted by Gasteiger charge is 2.25. The maximum absolute atomic E-state index is 5.52. The predicted molar refractivity (Wildman–Crippen MR) is 63.1 cm³/mol. The summed E-state index contributed by atoms with van der Waals surface area (Å²) in [5, 5.41) is 0. The van der Waals surface area contributed by atoms with Crippen molar-refractivity contribution in [2.75, 3.05) is 13.1 Å². The van der Waals surface area contributed by atoms with Gasteiger partial charge in [-0.1, -0.05) is 0 Å². The Bertz CT molecular complexity index is 327. The SMILES string of the molecule is CC(C)N1CCC(c2nc(CN)co2)CC1. The molecule has 0 spiro atoms. The smallest absolute Gasteiger partial charge is 0.197 e. The molecular weight excluding hydrogens is 202 g/mol. The Morgan fingerprint density at radius 3 is 2.69 bits per heavy atom. The van der Waals surface area contributed by atoms with Crippen LogP contribution in [0.3, 0.4) is 0 Å². The Hall–Kier alpha value is -0.870. The number of hydrogen-bond donors (Lipinski definition) is 1. The molecule has 4 heteroatoms. The van der Waals surface area contributed by atoms with Gasteiger partial charge in [0.15, 0.2) is 5.89 Å². The van der Waals surface area contributed by atoms with Gasteiger partial charge in [0.2, 0.25) is 0 Å². The number of likely N-dealkylation sites (tertiary alicyclic amines) is 1. The minimum absolute atomic E-state index is 0.467. The summed E-state index contributed by atoms with van der Waals surface area (Å²) in [7, 11) is 0. The van der Waals surface area contributed by atoms with E-state index < -0.39 is 0 Å². The molecule has 16 heavy (non-hydrogen) atoms. The minimum atomic E-state index is 0.467. The second kappa shape index (κ2) is 4.97. The van der Waals surface area contributed by atoms with E-state index in [4.69, 9.17) is 10.2 Å². The lowest BCUT2D eigenvalue weighted by atomic mass is 9.96. The van der Waals surface area contributed by atoms with Crippen molar-refractivity contribution in [1.82, 2.24) is 9.88 Å². The van der Waals surface area contributed by atoms with Crippen LogP contribution >= 0.6 is 0 Å². The first-order valence-electron chi connectivity index (χ1n) is 6.09. The van der Waals surface area contributed by atoms with Gasteiger partial charge in [0, 0.05) is 18.5 Å². The molecule has 0 atom stereocenters. The normalized spacial score (nSPS) is 19.5. The molecule has 0 bridgehead atoms. The van der Waals surface area contributed by atoms with Crippen LogP contribution in [-0.2, 0) is 6.54 Å². The zero-order valence-electron chi connectivity index (χ0n) is 10.1. The lowest BCUT2D eigenvalue weighted by Gasteiger charge is -2.33. The maximum atomic E-state index is 5.52. The fourth-order valence-electron chi connectivity index (χ4n) is 2.27. The summed E-state index contributed by atoms with van der Waals surface area (Å²) in [6.07, 6.45) is 3.97. The van der Waals surface area contributed by atoms with Crippen LogP contribution in [0.15, 0.2) is 10.7 Å². The summed E-state index contributed by atoms with van der Waals surface area (Å²) in [5.41, 5.74) is 6.39. The topological polar surface area (TPSA) is 55.3 Å². The first-order valence-corrected chi connectivity index (χ1v) is 6.09. The molecule has 2 heterocycles. The zero-order chi connectivity index (χ0) is 11.5. The van der Waals surface area contributed by atoms with Crippen LogP contribution in [0.5, 0.6) is 0 Å². The molecule has 1 aromatic heterocycles. The van der Waals surface area contributed by atoms with Crippen molar-refractivity contribution < 1.29 is 4.42 Å². The highest BCUT2D eigenvalue weighted by Crippen LogP contribution is 2.28. The molecule has 4 nitrogen and oxygen atoms in total. The molecule has 1 aromatic rings. The van der Waals surface area contributed by atoms with Crippen LogP contribution in [0.4, 0.5) is 0 Å². The third-order valence-corrected chi connectivity index (χ3v) is 3.39. The number of nitrogens with two attached hydrogens (primary N) is 1. The Balaban J connectivity index is 1.93. The second-order valence-electron chi connectivity index (χ2n) is 4.79. The number of rotatable bonds is 3. The van der Waals surface area contributed by atoms with Gasteiger partial charge < -0.3 is 15.1 Å². The summed E-state index contributed by atoms with van der Waals surface area (Å²) in [5.74, 6) is 1.36. The van der Waals surface area contributed by atoms with Gasteiger partial charge in [-0.3, -0.25) is 0 Å².